The average Bonchev–Trinajstić information content (AvgIpc) is 2.86. The van der Waals surface area contributed by atoms with E-state index in [1.807, 2.05) is 18.2 Å². The van der Waals surface area contributed by atoms with Crippen molar-refractivity contribution in [1.29, 1.82) is 0 Å². The van der Waals surface area contributed by atoms with Crippen LogP contribution in [0.4, 0.5) is 5.95 Å². The Bertz CT molecular complexity index is 1160. The summed E-state index contributed by atoms with van der Waals surface area (Å²) in [5.41, 5.74) is 10.3. The molecular formula is C26H30N4O4S. The van der Waals surface area contributed by atoms with Crippen molar-refractivity contribution in [3.63, 3.8) is 0 Å². The van der Waals surface area contributed by atoms with Crippen LogP contribution in [0.5, 0.6) is 5.88 Å². The van der Waals surface area contributed by atoms with Gasteiger partial charge in [-0.15, -0.1) is 0 Å². The molecule has 0 saturated carbocycles. The van der Waals surface area contributed by atoms with Crippen LogP contribution >= 0.6 is 11.9 Å². The number of nitrogens with one attached hydrogen (secondary N) is 1. The minimum atomic E-state index is -0.975. The molecule has 0 amide bonds. The Labute approximate surface area is 209 Å². The van der Waals surface area contributed by atoms with Crippen molar-refractivity contribution in [3.8, 4) is 17.1 Å². The van der Waals surface area contributed by atoms with Crippen molar-refractivity contribution < 1.29 is 19.4 Å². The van der Waals surface area contributed by atoms with Crippen molar-refractivity contribution in [2.24, 2.45) is 11.7 Å². The first-order chi connectivity index (χ1) is 16.9. The number of nitrogens with zero attached hydrogens (tertiary/aromatic N) is 2. The van der Waals surface area contributed by atoms with Gasteiger partial charge in [0.25, 0.3) is 0 Å². The number of benzene rings is 2. The van der Waals surface area contributed by atoms with Gasteiger partial charge in [-0.1, -0.05) is 24.3 Å². The summed E-state index contributed by atoms with van der Waals surface area (Å²) in [5.74, 6) is 0.143. The van der Waals surface area contributed by atoms with Crippen LogP contribution in [0.15, 0.2) is 53.4 Å². The molecule has 1 aliphatic heterocycles. The van der Waals surface area contributed by atoms with Gasteiger partial charge in [-0.25, -0.2) is 9.78 Å². The van der Waals surface area contributed by atoms with Gasteiger partial charge in [-0.05, 0) is 68.0 Å². The molecule has 9 heteroatoms. The van der Waals surface area contributed by atoms with Crippen molar-refractivity contribution in [1.82, 2.24) is 9.97 Å². The average molecular weight is 495 g/mol. The van der Waals surface area contributed by atoms with Gasteiger partial charge in [-0.2, -0.15) is 4.98 Å². The SMILES string of the molecule is Cc1cccc(C)c1-c1cc(OC(CN)C2CCOCC2)nc(NSc2cccc(C(=O)O)c2)n1. The van der Waals surface area contributed by atoms with E-state index < -0.39 is 5.97 Å². The van der Waals surface area contributed by atoms with Gasteiger partial charge in [0.2, 0.25) is 11.8 Å². The highest BCUT2D eigenvalue weighted by molar-refractivity contribution is 8.00. The molecule has 1 aliphatic rings. The van der Waals surface area contributed by atoms with Crippen LogP contribution in [0.2, 0.25) is 0 Å². The number of nitrogens with two attached hydrogens (primary N) is 1. The van der Waals surface area contributed by atoms with E-state index in [9.17, 15) is 9.90 Å². The molecule has 1 fully saturated rings. The predicted octanol–water partition coefficient (Wildman–Crippen LogP) is 4.71. The van der Waals surface area contributed by atoms with Gasteiger partial charge >= 0.3 is 5.97 Å². The number of hydrogen-bond donors (Lipinski definition) is 3. The first-order valence-corrected chi connectivity index (χ1v) is 12.4. The Kier molecular flexibility index (Phi) is 8.22. The van der Waals surface area contributed by atoms with Crippen LogP contribution in [0.1, 0.15) is 34.3 Å². The maximum absolute atomic E-state index is 11.3. The Morgan fingerprint density at radius 1 is 1.17 bits per heavy atom. The second kappa shape index (κ2) is 11.5. The molecule has 1 aromatic heterocycles. The molecular weight excluding hydrogens is 464 g/mol. The lowest BCUT2D eigenvalue weighted by Crippen LogP contribution is -2.38. The molecule has 3 aromatic rings. The van der Waals surface area contributed by atoms with E-state index in [0.717, 1.165) is 40.1 Å². The lowest BCUT2D eigenvalue weighted by Gasteiger charge is -2.29. The van der Waals surface area contributed by atoms with E-state index in [1.165, 1.54) is 11.9 Å². The zero-order valence-corrected chi connectivity index (χ0v) is 20.7. The second-order valence-electron chi connectivity index (χ2n) is 8.56. The third-order valence-corrected chi connectivity index (χ3v) is 6.85. The smallest absolute Gasteiger partial charge is 0.335 e. The van der Waals surface area contributed by atoms with Crippen LogP contribution in [0, 0.1) is 19.8 Å². The minimum absolute atomic E-state index is 0.174. The Morgan fingerprint density at radius 3 is 2.57 bits per heavy atom. The Hall–Kier alpha value is -3.14. The van der Waals surface area contributed by atoms with E-state index >= 15 is 0 Å². The molecule has 0 bridgehead atoms. The van der Waals surface area contributed by atoms with Crippen molar-refractivity contribution in [3.05, 3.63) is 65.2 Å². The monoisotopic (exact) mass is 494 g/mol. The Morgan fingerprint density at radius 2 is 1.89 bits per heavy atom. The molecule has 0 aliphatic carbocycles. The lowest BCUT2D eigenvalue weighted by atomic mass is 9.94. The fraction of sp³-hybridized carbons (Fsp3) is 0.346. The summed E-state index contributed by atoms with van der Waals surface area (Å²) in [7, 11) is 0. The summed E-state index contributed by atoms with van der Waals surface area (Å²) in [6.07, 6.45) is 1.63. The van der Waals surface area contributed by atoms with Crippen LogP contribution in [0.3, 0.4) is 0 Å². The van der Waals surface area contributed by atoms with Crippen LogP contribution in [-0.2, 0) is 4.74 Å². The number of ether oxygens (including phenoxy) is 2. The number of aromatic nitrogens is 2. The molecule has 1 atom stereocenters. The molecule has 1 unspecified atom stereocenters. The van der Waals surface area contributed by atoms with Gasteiger partial charge in [-0.3, -0.25) is 4.72 Å². The summed E-state index contributed by atoms with van der Waals surface area (Å²) in [4.78, 5) is 21.4. The van der Waals surface area contributed by atoms with E-state index in [4.69, 9.17) is 20.2 Å². The fourth-order valence-electron chi connectivity index (χ4n) is 4.25. The first-order valence-electron chi connectivity index (χ1n) is 11.6. The Balaban J connectivity index is 1.64. The van der Waals surface area contributed by atoms with Crippen LogP contribution < -0.4 is 15.2 Å². The molecule has 2 aromatic carbocycles. The number of aromatic carboxylic acids is 1. The molecule has 4 rings (SSSR count). The van der Waals surface area contributed by atoms with E-state index in [-0.39, 0.29) is 11.7 Å². The van der Waals surface area contributed by atoms with Crippen molar-refractivity contribution in [2.75, 3.05) is 24.5 Å². The van der Waals surface area contributed by atoms with Gasteiger partial charge in [0.05, 0.1) is 11.3 Å². The normalized spacial score (nSPS) is 14.9. The van der Waals surface area contributed by atoms with Gasteiger partial charge in [0.15, 0.2) is 0 Å². The zero-order chi connectivity index (χ0) is 24.8. The fourth-order valence-corrected chi connectivity index (χ4v) is 4.89. The number of hydrogen-bond acceptors (Lipinski definition) is 8. The highest BCUT2D eigenvalue weighted by Crippen LogP contribution is 2.31. The second-order valence-corrected chi connectivity index (χ2v) is 9.44. The molecule has 2 heterocycles. The van der Waals surface area contributed by atoms with Gasteiger partial charge in [0.1, 0.15) is 6.10 Å². The maximum Gasteiger partial charge on any atom is 0.335 e. The van der Waals surface area contributed by atoms with Crippen LogP contribution in [0.25, 0.3) is 11.3 Å². The number of carboxylic acids is 1. The minimum Gasteiger partial charge on any atom is -0.478 e. The van der Waals surface area contributed by atoms with E-state index in [2.05, 4.69) is 35.7 Å². The standard InChI is InChI=1S/C26H30N4O4S/c1-16-5-3-6-17(2)24(16)21-14-23(34-22(15-27)18-9-11-33-12-10-18)29-26(28-21)30-35-20-8-4-7-19(13-20)25(31)32/h3-8,13-14,18,22H,9-12,15,27H2,1-2H3,(H,31,32)(H,28,29,30). The first kappa shape index (κ1) is 25.0. The highest BCUT2D eigenvalue weighted by Gasteiger charge is 2.25. The third kappa shape index (κ3) is 6.30. The quantitative estimate of drug-likeness (QED) is 0.363. The number of carbonyl (C=O) groups is 1. The number of anilines is 1. The molecule has 4 N–H and O–H groups in total. The molecule has 1 saturated heterocycles. The summed E-state index contributed by atoms with van der Waals surface area (Å²) in [6.45, 7) is 5.90. The maximum atomic E-state index is 11.3. The summed E-state index contributed by atoms with van der Waals surface area (Å²) in [6, 6.07) is 14.7. The lowest BCUT2D eigenvalue weighted by molar-refractivity contribution is 0.0195. The summed E-state index contributed by atoms with van der Waals surface area (Å²) < 4.78 is 15.0. The van der Waals surface area contributed by atoms with Crippen LogP contribution in [-0.4, -0.2) is 46.9 Å². The third-order valence-electron chi connectivity index (χ3n) is 6.08. The van der Waals surface area contributed by atoms with Gasteiger partial charge in [0, 0.05) is 42.2 Å². The molecule has 35 heavy (non-hydrogen) atoms. The largest absolute Gasteiger partial charge is 0.478 e. The van der Waals surface area contributed by atoms with Crippen molar-refractivity contribution in [2.45, 2.75) is 37.7 Å². The van der Waals surface area contributed by atoms with E-state index in [1.54, 1.807) is 18.2 Å². The van der Waals surface area contributed by atoms with Gasteiger partial charge < -0.3 is 20.3 Å². The van der Waals surface area contributed by atoms with E-state index in [0.29, 0.717) is 37.5 Å². The topological polar surface area (TPSA) is 120 Å². The molecule has 184 valence electrons. The number of aryl methyl sites for hydroxylation is 2. The summed E-state index contributed by atoms with van der Waals surface area (Å²) in [5, 5.41) is 9.27. The van der Waals surface area contributed by atoms with Crippen molar-refractivity contribution >= 4 is 23.9 Å². The zero-order valence-electron chi connectivity index (χ0n) is 19.9. The number of carboxylic acid groups (broad SMARTS) is 1. The molecule has 0 spiro atoms. The molecule has 8 nitrogen and oxygen atoms in total. The summed E-state index contributed by atoms with van der Waals surface area (Å²) >= 11 is 1.24. The number of rotatable bonds is 9. The highest BCUT2D eigenvalue weighted by atomic mass is 32.2. The molecule has 0 radical (unpaired) electrons. The predicted molar refractivity (Wildman–Crippen MR) is 137 cm³/mol.